The second kappa shape index (κ2) is 5.08. The van der Waals surface area contributed by atoms with Gasteiger partial charge in [0.2, 0.25) is 0 Å². The molecule has 0 aromatic carbocycles. The van der Waals surface area contributed by atoms with E-state index in [0.717, 1.165) is 22.3 Å². The van der Waals surface area contributed by atoms with Crippen molar-refractivity contribution in [2.45, 2.75) is 12.8 Å². The number of rotatable bonds is 3. The first kappa shape index (κ1) is 12.7. The summed E-state index contributed by atoms with van der Waals surface area (Å²) in [5, 5.41) is 10.3. The SMILES string of the molecule is N#CC(=CC1CC1)c1cc(-c2ncnc3[nH]ccc23)ccn1. The molecule has 5 nitrogen and oxygen atoms in total. The summed E-state index contributed by atoms with van der Waals surface area (Å²) >= 11 is 0. The van der Waals surface area contributed by atoms with E-state index in [4.69, 9.17) is 0 Å². The van der Waals surface area contributed by atoms with Crippen molar-refractivity contribution in [2.75, 3.05) is 0 Å². The highest BCUT2D eigenvalue weighted by Crippen LogP contribution is 2.33. The molecule has 0 amide bonds. The van der Waals surface area contributed by atoms with Crippen LogP contribution >= 0.6 is 0 Å². The van der Waals surface area contributed by atoms with Crippen LogP contribution in [0.5, 0.6) is 0 Å². The summed E-state index contributed by atoms with van der Waals surface area (Å²) in [7, 11) is 0. The van der Waals surface area contributed by atoms with Gasteiger partial charge in [0.05, 0.1) is 17.0 Å². The van der Waals surface area contributed by atoms with Crippen molar-refractivity contribution in [3.8, 4) is 17.3 Å². The maximum absolute atomic E-state index is 9.37. The van der Waals surface area contributed by atoms with Crippen LogP contribution in [-0.2, 0) is 0 Å². The van der Waals surface area contributed by atoms with Crippen LogP contribution in [0.4, 0.5) is 0 Å². The van der Waals surface area contributed by atoms with Gasteiger partial charge in [0.15, 0.2) is 0 Å². The smallest absolute Gasteiger partial charge is 0.141 e. The average molecular weight is 287 g/mol. The number of hydrogen-bond acceptors (Lipinski definition) is 4. The molecule has 1 aliphatic rings. The third-order valence-electron chi connectivity index (χ3n) is 3.81. The Hall–Kier alpha value is -3.00. The molecular weight excluding hydrogens is 274 g/mol. The molecule has 3 aromatic rings. The Morgan fingerprint density at radius 3 is 3.00 bits per heavy atom. The minimum Gasteiger partial charge on any atom is -0.346 e. The van der Waals surface area contributed by atoms with Gasteiger partial charge in [-0.2, -0.15) is 5.26 Å². The number of nitriles is 1. The molecular formula is C17H13N5. The Labute approximate surface area is 127 Å². The molecule has 0 atom stereocenters. The van der Waals surface area contributed by atoms with E-state index in [0.29, 0.717) is 17.2 Å². The van der Waals surface area contributed by atoms with Gasteiger partial charge in [-0.15, -0.1) is 0 Å². The van der Waals surface area contributed by atoms with Crippen LogP contribution in [0.2, 0.25) is 0 Å². The first-order chi connectivity index (χ1) is 10.8. The van der Waals surface area contributed by atoms with Crippen molar-refractivity contribution in [3.05, 3.63) is 48.7 Å². The summed E-state index contributed by atoms with van der Waals surface area (Å²) in [6.45, 7) is 0. The van der Waals surface area contributed by atoms with Gasteiger partial charge in [0, 0.05) is 23.3 Å². The lowest BCUT2D eigenvalue weighted by Crippen LogP contribution is -1.92. The third kappa shape index (κ3) is 2.25. The van der Waals surface area contributed by atoms with Crippen LogP contribution in [0.1, 0.15) is 18.5 Å². The van der Waals surface area contributed by atoms with Crippen LogP contribution in [0.3, 0.4) is 0 Å². The van der Waals surface area contributed by atoms with E-state index < -0.39 is 0 Å². The second-order valence-corrected chi connectivity index (χ2v) is 5.42. The number of allylic oxidation sites excluding steroid dienone is 2. The van der Waals surface area contributed by atoms with Gasteiger partial charge < -0.3 is 4.98 Å². The quantitative estimate of drug-likeness (QED) is 0.749. The zero-order chi connectivity index (χ0) is 14.9. The molecule has 3 aromatic heterocycles. The predicted octanol–water partition coefficient (Wildman–Crippen LogP) is 3.34. The number of fused-ring (bicyclic) bond motifs is 1. The number of pyridine rings is 1. The van der Waals surface area contributed by atoms with E-state index in [2.05, 4.69) is 26.0 Å². The number of nitrogens with zero attached hydrogens (tertiary/aromatic N) is 4. The van der Waals surface area contributed by atoms with Gasteiger partial charge >= 0.3 is 0 Å². The van der Waals surface area contributed by atoms with E-state index >= 15 is 0 Å². The molecule has 1 fully saturated rings. The highest BCUT2D eigenvalue weighted by molar-refractivity contribution is 5.91. The number of H-pyrrole nitrogens is 1. The molecule has 0 spiro atoms. The maximum Gasteiger partial charge on any atom is 0.141 e. The molecule has 1 saturated carbocycles. The Kier molecular flexibility index (Phi) is 2.94. The Bertz CT molecular complexity index is 912. The fraction of sp³-hybridized carbons (Fsp3) is 0.176. The standard InChI is InChI=1S/C17H13N5/c18-9-13(7-11-1-2-11)15-8-12(3-5-19-15)16-14-4-6-20-17(14)22-10-21-16/h3-8,10-11H,1-2H2,(H,20,21,22). The summed E-state index contributed by atoms with van der Waals surface area (Å²) in [5.41, 5.74) is 3.93. The average Bonchev–Trinajstić information content (AvgIpc) is 3.25. The van der Waals surface area contributed by atoms with Crippen molar-refractivity contribution < 1.29 is 0 Å². The predicted molar refractivity (Wildman–Crippen MR) is 83.4 cm³/mol. The van der Waals surface area contributed by atoms with E-state index in [1.807, 2.05) is 30.5 Å². The lowest BCUT2D eigenvalue weighted by Gasteiger charge is -2.04. The molecule has 0 saturated heterocycles. The zero-order valence-corrected chi connectivity index (χ0v) is 11.8. The van der Waals surface area contributed by atoms with E-state index in [-0.39, 0.29) is 0 Å². The molecule has 0 radical (unpaired) electrons. The summed E-state index contributed by atoms with van der Waals surface area (Å²) in [4.78, 5) is 16.0. The van der Waals surface area contributed by atoms with Crippen LogP contribution < -0.4 is 0 Å². The molecule has 4 rings (SSSR count). The minimum atomic E-state index is 0.538. The summed E-state index contributed by atoms with van der Waals surface area (Å²) < 4.78 is 0. The van der Waals surface area contributed by atoms with Gasteiger partial charge in [-0.1, -0.05) is 6.08 Å². The zero-order valence-electron chi connectivity index (χ0n) is 11.8. The number of aromatic amines is 1. The molecule has 0 unspecified atom stereocenters. The molecule has 3 heterocycles. The number of hydrogen-bond donors (Lipinski definition) is 1. The second-order valence-electron chi connectivity index (χ2n) is 5.42. The molecule has 0 aliphatic heterocycles. The fourth-order valence-electron chi connectivity index (χ4n) is 2.51. The van der Waals surface area contributed by atoms with Crippen molar-refractivity contribution in [3.63, 3.8) is 0 Å². The monoisotopic (exact) mass is 287 g/mol. The van der Waals surface area contributed by atoms with E-state index in [1.54, 1.807) is 12.5 Å². The topological polar surface area (TPSA) is 78.2 Å². The van der Waals surface area contributed by atoms with Crippen molar-refractivity contribution in [1.82, 2.24) is 19.9 Å². The molecule has 1 N–H and O–H groups in total. The molecule has 0 bridgehead atoms. The lowest BCUT2D eigenvalue weighted by molar-refractivity contribution is 1.12. The van der Waals surface area contributed by atoms with Gasteiger partial charge in [0.1, 0.15) is 18.0 Å². The first-order valence-electron chi connectivity index (χ1n) is 7.22. The number of aromatic nitrogens is 4. The highest BCUT2D eigenvalue weighted by Gasteiger charge is 2.20. The van der Waals surface area contributed by atoms with Crippen LogP contribution in [-0.4, -0.2) is 19.9 Å². The maximum atomic E-state index is 9.37. The van der Waals surface area contributed by atoms with E-state index in [9.17, 15) is 5.26 Å². The first-order valence-corrected chi connectivity index (χ1v) is 7.22. The lowest BCUT2D eigenvalue weighted by atomic mass is 10.1. The third-order valence-corrected chi connectivity index (χ3v) is 3.81. The molecule has 22 heavy (non-hydrogen) atoms. The molecule has 5 heteroatoms. The Morgan fingerprint density at radius 2 is 2.18 bits per heavy atom. The summed E-state index contributed by atoms with van der Waals surface area (Å²) in [5.74, 6) is 0.538. The molecule has 106 valence electrons. The van der Waals surface area contributed by atoms with Crippen LogP contribution in [0, 0.1) is 17.2 Å². The highest BCUT2D eigenvalue weighted by atomic mass is 14.9. The van der Waals surface area contributed by atoms with Gasteiger partial charge in [-0.3, -0.25) is 4.98 Å². The minimum absolute atomic E-state index is 0.538. The van der Waals surface area contributed by atoms with Crippen molar-refractivity contribution in [2.24, 2.45) is 5.92 Å². The number of nitrogens with one attached hydrogen (secondary N) is 1. The van der Waals surface area contributed by atoms with Gasteiger partial charge in [-0.05, 0) is 37.0 Å². The van der Waals surface area contributed by atoms with Crippen LogP contribution in [0.25, 0.3) is 27.9 Å². The summed E-state index contributed by atoms with van der Waals surface area (Å²) in [6, 6.07) is 8.04. The van der Waals surface area contributed by atoms with E-state index in [1.165, 1.54) is 12.8 Å². The summed E-state index contributed by atoms with van der Waals surface area (Å²) in [6.07, 6.45) is 9.47. The Balaban J connectivity index is 1.82. The largest absolute Gasteiger partial charge is 0.346 e. The van der Waals surface area contributed by atoms with Gasteiger partial charge in [0.25, 0.3) is 0 Å². The normalized spacial score (nSPS) is 15.0. The van der Waals surface area contributed by atoms with Crippen molar-refractivity contribution >= 4 is 16.6 Å². The fourth-order valence-corrected chi connectivity index (χ4v) is 2.51. The molecule has 1 aliphatic carbocycles. The van der Waals surface area contributed by atoms with Crippen LogP contribution in [0.15, 0.2) is 43.0 Å². The van der Waals surface area contributed by atoms with Gasteiger partial charge in [-0.25, -0.2) is 9.97 Å². The van der Waals surface area contributed by atoms with Crippen molar-refractivity contribution in [1.29, 1.82) is 5.26 Å². The Morgan fingerprint density at radius 1 is 1.27 bits per heavy atom.